The van der Waals surface area contributed by atoms with Crippen molar-refractivity contribution in [2.45, 2.75) is 0 Å². The minimum absolute atomic E-state index is 0.378. The largest absolute Gasteiger partial charge is 0.295 e. The molecular formula is C12H7ClN2O4. The van der Waals surface area contributed by atoms with Crippen molar-refractivity contribution in [2.24, 2.45) is 0 Å². The fraction of sp³-hybridized carbons (Fsp3) is 0. The summed E-state index contributed by atoms with van der Waals surface area (Å²) in [6.45, 7) is 0. The van der Waals surface area contributed by atoms with E-state index in [4.69, 9.17) is 11.6 Å². The highest BCUT2D eigenvalue weighted by Crippen LogP contribution is 2.38. The van der Waals surface area contributed by atoms with Crippen LogP contribution in [0.5, 0.6) is 0 Å². The maximum absolute atomic E-state index is 10.9. The first kappa shape index (κ1) is 13.0. The molecule has 0 aromatic heterocycles. The predicted molar refractivity (Wildman–Crippen MR) is 70.2 cm³/mol. The number of rotatable bonds is 3. The number of benzene rings is 2. The Morgan fingerprint density at radius 3 is 1.74 bits per heavy atom. The van der Waals surface area contributed by atoms with E-state index in [1.807, 2.05) is 0 Å². The van der Waals surface area contributed by atoms with Gasteiger partial charge in [0.2, 0.25) is 0 Å². The van der Waals surface area contributed by atoms with Gasteiger partial charge in [0.25, 0.3) is 11.4 Å². The monoisotopic (exact) mass is 278 g/mol. The Morgan fingerprint density at radius 1 is 0.842 bits per heavy atom. The third-order valence-electron chi connectivity index (χ3n) is 2.53. The second kappa shape index (κ2) is 5.03. The number of nitro groups is 2. The number of nitro benzene ring substituents is 2. The Hall–Kier alpha value is -2.47. The zero-order valence-electron chi connectivity index (χ0n) is 9.45. The molecule has 0 spiro atoms. The van der Waals surface area contributed by atoms with E-state index in [-0.39, 0.29) is 0 Å². The summed E-state index contributed by atoms with van der Waals surface area (Å²) in [6, 6.07) is 11.1. The lowest BCUT2D eigenvalue weighted by Gasteiger charge is -2.03. The van der Waals surface area contributed by atoms with Crippen LogP contribution in [0.2, 0.25) is 5.02 Å². The second-order valence-electron chi connectivity index (χ2n) is 3.71. The van der Waals surface area contributed by atoms with Gasteiger partial charge in [-0.15, -0.1) is 0 Å². The van der Waals surface area contributed by atoms with Crippen molar-refractivity contribution in [3.63, 3.8) is 0 Å². The van der Waals surface area contributed by atoms with Crippen molar-refractivity contribution >= 4 is 23.0 Å². The molecule has 0 aliphatic carbocycles. The van der Waals surface area contributed by atoms with Gasteiger partial charge in [-0.3, -0.25) is 20.2 Å². The van der Waals surface area contributed by atoms with Crippen LogP contribution in [0.3, 0.4) is 0 Å². The molecule has 2 rings (SSSR count). The first-order chi connectivity index (χ1) is 9.00. The lowest BCUT2D eigenvalue weighted by atomic mass is 10.0. The average molecular weight is 279 g/mol. The SMILES string of the molecule is O=[N+]([O-])c1cc(-c2ccccc2)cc([N+](=O)[O-])c1Cl. The summed E-state index contributed by atoms with van der Waals surface area (Å²) in [5, 5.41) is 21.3. The van der Waals surface area contributed by atoms with E-state index in [9.17, 15) is 20.2 Å². The summed E-state index contributed by atoms with van der Waals surface area (Å²) < 4.78 is 0. The van der Waals surface area contributed by atoms with E-state index in [1.54, 1.807) is 30.3 Å². The van der Waals surface area contributed by atoms with Crippen molar-refractivity contribution in [3.05, 3.63) is 67.7 Å². The van der Waals surface area contributed by atoms with Crippen molar-refractivity contribution in [1.29, 1.82) is 0 Å². The molecule has 0 fully saturated rings. The van der Waals surface area contributed by atoms with E-state index in [0.29, 0.717) is 11.1 Å². The third kappa shape index (κ3) is 2.53. The first-order valence-electron chi connectivity index (χ1n) is 5.18. The fourth-order valence-electron chi connectivity index (χ4n) is 1.66. The maximum atomic E-state index is 10.9. The smallest absolute Gasteiger partial charge is 0.258 e. The molecule has 6 nitrogen and oxygen atoms in total. The summed E-state index contributed by atoms with van der Waals surface area (Å²) in [4.78, 5) is 20.3. The van der Waals surface area contributed by atoms with E-state index >= 15 is 0 Å². The number of hydrogen-bond donors (Lipinski definition) is 0. The molecule has 19 heavy (non-hydrogen) atoms. The van der Waals surface area contributed by atoms with Gasteiger partial charge in [0.1, 0.15) is 0 Å². The van der Waals surface area contributed by atoms with Gasteiger partial charge in [-0.2, -0.15) is 0 Å². The third-order valence-corrected chi connectivity index (χ3v) is 2.92. The Labute approximate surface area is 112 Å². The number of nitrogens with zero attached hydrogens (tertiary/aromatic N) is 2. The van der Waals surface area contributed by atoms with Crippen LogP contribution in [-0.2, 0) is 0 Å². The van der Waals surface area contributed by atoms with Crippen LogP contribution in [0.4, 0.5) is 11.4 Å². The quantitative estimate of drug-likeness (QED) is 0.631. The average Bonchev–Trinajstić information content (AvgIpc) is 2.39. The minimum Gasteiger partial charge on any atom is -0.258 e. The van der Waals surface area contributed by atoms with Crippen LogP contribution < -0.4 is 0 Å². The van der Waals surface area contributed by atoms with Crippen LogP contribution in [0.1, 0.15) is 0 Å². The zero-order valence-corrected chi connectivity index (χ0v) is 10.2. The Balaban J connectivity index is 2.70. The normalized spacial score (nSPS) is 10.2. The number of hydrogen-bond acceptors (Lipinski definition) is 4. The molecule has 2 aromatic rings. The van der Waals surface area contributed by atoms with Gasteiger partial charge in [-0.25, -0.2) is 0 Å². The minimum atomic E-state index is -0.734. The van der Waals surface area contributed by atoms with Crippen molar-refractivity contribution in [3.8, 4) is 11.1 Å². The molecule has 0 radical (unpaired) electrons. The van der Waals surface area contributed by atoms with Gasteiger partial charge in [0, 0.05) is 12.1 Å². The van der Waals surface area contributed by atoms with Gasteiger partial charge >= 0.3 is 0 Å². The van der Waals surface area contributed by atoms with Crippen LogP contribution in [0.15, 0.2) is 42.5 Å². The molecule has 0 heterocycles. The van der Waals surface area contributed by atoms with Gasteiger partial charge in [0.05, 0.1) is 9.85 Å². The van der Waals surface area contributed by atoms with Crippen LogP contribution >= 0.6 is 11.6 Å². The highest BCUT2D eigenvalue weighted by Gasteiger charge is 2.25. The van der Waals surface area contributed by atoms with Crippen LogP contribution in [0, 0.1) is 20.2 Å². The highest BCUT2D eigenvalue weighted by atomic mass is 35.5. The Kier molecular flexibility index (Phi) is 3.43. The summed E-state index contributed by atoms with van der Waals surface area (Å²) in [5.74, 6) is 0. The first-order valence-corrected chi connectivity index (χ1v) is 5.56. The molecule has 0 aliphatic heterocycles. The number of halogens is 1. The summed E-state index contributed by atoms with van der Waals surface area (Å²) in [5.41, 5.74) is 0.0678. The summed E-state index contributed by atoms with van der Waals surface area (Å²) in [7, 11) is 0. The molecule has 0 atom stereocenters. The Morgan fingerprint density at radius 2 is 1.32 bits per heavy atom. The topological polar surface area (TPSA) is 86.3 Å². The molecule has 0 amide bonds. The molecule has 0 unspecified atom stereocenters. The van der Waals surface area contributed by atoms with E-state index in [0.717, 1.165) is 0 Å². The molecule has 0 aliphatic rings. The maximum Gasteiger partial charge on any atom is 0.295 e. The molecule has 0 bridgehead atoms. The molecular weight excluding hydrogens is 272 g/mol. The zero-order chi connectivity index (χ0) is 14.0. The molecule has 96 valence electrons. The fourth-order valence-corrected chi connectivity index (χ4v) is 1.90. The van der Waals surface area contributed by atoms with Gasteiger partial charge < -0.3 is 0 Å². The lowest BCUT2D eigenvalue weighted by molar-refractivity contribution is -0.393. The van der Waals surface area contributed by atoms with Crippen molar-refractivity contribution in [1.82, 2.24) is 0 Å². The molecule has 0 saturated heterocycles. The summed E-state index contributed by atoms with van der Waals surface area (Å²) in [6.07, 6.45) is 0. The molecule has 2 aromatic carbocycles. The van der Waals surface area contributed by atoms with Gasteiger partial charge in [-0.05, 0) is 11.1 Å². The second-order valence-corrected chi connectivity index (χ2v) is 4.09. The summed E-state index contributed by atoms with van der Waals surface area (Å²) >= 11 is 5.67. The predicted octanol–water partition coefficient (Wildman–Crippen LogP) is 3.82. The van der Waals surface area contributed by atoms with Crippen LogP contribution in [-0.4, -0.2) is 9.85 Å². The van der Waals surface area contributed by atoms with E-state index < -0.39 is 26.2 Å². The molecule has 0 saturated carbocycles. The van der Waals surface area contributed by atoms with Gasteiger partial charge in [0.15, 0.2) is 5.02 Å². The Bertz CT molecular complexity index is 623. The van der Waals surface area contributed by atoms with Crippen LogP contribution in [0.25, 0.3) is 11.1 Å². The molecule has 0 N–H and O–H groups in total. The van der Waals surface area contributed by atoms with Crippen molar-refractivity contribution < 1.29 is 9.85 Å². The standard InChI is InChI=1S/C12H7ClN2O4/c13-12-10(14(16)17)6-9(7-11(12)15(18)19)8-4-2-1-3-5-8/h1-7H. The van der Waals surface area contributed by atoms with E-state index in [1.165, 1.54) is 12.1 Å². The lowest BCUT2D eigenvalue weighted by Crippen LogP contribution is -1.96. The van der Waals surface area contributed by atoms with E-state index in [2.05, 4.69) is 0 Å². The van der Waals surface area contributed by atoms with Crippen molar-refractivity contribution in [2.75, 3.05) is 0 Å². The molecule has 7 heteroatoms. The van der Waals surface area contributed by atoms with Gasteiger partial charge in [-0.1, -0.05) is 41.9 Å². The highest BCUT2D eigenvalue weighted by molar-refractivity contribution is 6.34.